The third-order valence-corrected chi connectivity index (χ3v) is 9.95. The predicted molar refractivity (Wildman–Crippen MR) is 160 cm³/mol. The topological polar surface area (TPSA) is 109 Å². The summed E-state index contributed by atoms with van der Waals surface area (Å²) in [5, 5.41) is 10.7. The molecule has 10 heteroatoms. The number of rotatable bonds is 13. The Morgan fingerprint density at radius 2 is 1.93 bits per heavy atom. The lowest BCUT2D eigenvalue weighted by Gasteiger charge is -2.40. The second-order valence-electron chi connectivity index (χ2n) is 12.4. The van der Waals surface area contributed by atoms with Crippen molar-refractivity contribution in [3.05, 3.63) is 61.2 Å². The molecule has 1 N–H and O–H groups in total. The molecule has 1 aromatic carbocycles. The van der Waals surface area contributed by atoms with E-state index >= 15 is 0 Å². The number of hydrogen-bond donors (Lipinski definition) is 1. The Morgan fingerprint density at radius 1 is 1.21 bits per heavy atom. The molecule has 4 fully saturated rings. The normalized spacial score (nSPS) is 32.3. The number of carbonyl (C=O) groups is 3. The molecule has 0 radical (unpaired) electrons. The van der Waals surface area contributed by atoms with Crippen LogP contribution in [0, 0.1) is 17.8 Å². The summed E-state index contributed by atoms with van der Waals surface area (Å²) in [6, 6.07) is 7.88. The Bertz CT molecular complexity index is 1200. The van der Waals surface area contributed by atoms with Gasteiger partial charge in [0.2, 0.25) is 11.8 Å². The molecule has 234 valence electrons. The molecular formula is C33H45N3O7. The zero-order chi connectivity index (χ0) is 30.8. The number of likely N-dealkylation sites (tertiary alicyclic amines) is 1. The zero-order valence-corrected chi connectivity index (χ0v) is 25.4. The first-order chi connectivity index (χ1) is 20.7. The van der Waals surface area contributed by atoms with Gasteiger partial charge >= 0.3 is 5.97 Å². The summed E-state index contributed by atoms with van der Waals surface area (Å²) in [6.07, 6.45) is 3.97. The second kappa shape index (κ2) is 12.9. The maximum atomic E-state index is 14.8. The smallest absolute Gasteiger partial charge is 0.313 e. The highest BCUT2D eigenvalue weighted by atomic mass is 16.6. The van der Waals surface area contributed by atoms with E-state index in [4.69, 9.17) is 14.2 Å². The number of ether oxygens (including phenoxy) is 3. The Hall–Kier alpha value is -3.05. The van der Waals surface area contributed by atoms with Crippen LogP contribution in [-0.4, -0.2) is 120 Å². The number of esters is 1. The van der Waals surface area contributed by atoms with Crippen molar-refractivity contribution < 1.29 is 33.7 Å². The van der Waals surface area contributed by atoms with Gasteiger partial charge in [0.1, 0.15) is 24.2 Å². The monoisotopic (exact) mass is 595 g/mol. The van der Waals surface area contributed by atoms with E-state index in [0.717, 1.165) is 18.7 Å². The summed E-state index contributed by atoms with van der Waals surface area (Å²) in [7, 11) is 0. The molecule has 4 aliphatic heterocycles. The van der Waals surface area contributed by atoms with Gasteiger partial charge < -0.3 is 29.1 Å². The van der Waals surface area contributed by atoms with Crippen LogP contribution in [-0.2, 0) is 35.0 Å². The minimum absolute atomic E-state index is 0.0156. The van der Waals surface area contributed by atoms with E-state index < -0.39 is 41.1 Å². The van der Waals surface area contributed by atoms with Gasteiger partial charge in [-0.3, -0.25) is 19.3 Å². The van der Waals surface area contributed by atoms with Crippen molar-refractivity contribution in [2.75, 3.05) is 59.2 Å². The van der Waals surface area contributed by atoms with E-state index in [0.29, 0.717) is 45.7 Å². The van der Waals surface area contributed by atoms with Gasteiger partial charge in [0.05, 0.1) is 37.4 Å². The van der Waals surface area contributed by atoms with Crippen LogP contribution >= 0.6 is 0 Å². The average Bonchev–Trinajstić information content (AvgIpc) is 3.53. The fourth-order valence-electron chi connectivity index (χ4n) is 7.78. The van der Waals surface area contributed by atoms with E-state index in [1.165, 1.54) is 11.0 Å². The Labute approximate surface area is 254 Å². The van der Waals surface area contributed by atoms with Crippen molar-refractivity contribution in [1.29, 1.82) is 0 Å². The van der Waals surface area contributed by atoms with E-state index in [9.17, 15) is 19.5 Å². The molecule has 4 saturated heterocycles. The molecule has 43 heavy (non-hydrogen) atoms. The Kier molecular flexibility index (Phi) is 9.41. The minimum atomic E-state index is -1.23. The first-order valence-corrected chi connectivity index (χ1v) is 15.4. The SMILES string of the molecule is C=CCOC(=O)[C@@H]1[C@H]2C(=O)N([C@@H](CO)Cc3ccccc3)C(C(=O)N(CC=C)CCN3CCOCC3)C23CC(C)[C@@]1(C)O3. The largest absolute Gasteiger partial charge is 0.461 e. The van der Waals surface area contributed by atoms with Gasteiger partial charge in [-0.05, 0) is 31.2 Å². The average molecular weight is 596 g/mol. The lowest BCUT2D eigenvalue weighted by molar-refractivity contribution is -0.163. The molecule has 7 atom stereocenters. The van der Waals surface area contributed by atoms with Gasteiger partial charge in [-0.2, -0.15) is 0 Å². The molecule has 4 heterocycles. The number of aliphatic hydroxyl groups excluding tert-OH is 1. The molecule has 1 spiro atoms. The fourth-order valence-corrected chi connectivity index (χ4v) is 7.78. The Balaban J connectivity index is 1.54. The van der Waals surface area contributed by atoms with Crippen LogP contribution in [0.5, 0.6) is 0 Å². The van der Waals surface area contributed by atoms with Crippen LogP contribution in [0.4, 0.5) is 0 Å². The molecule has 1 aromatic rings. The van der Waals surface area contributed by atoms with Crippen molar-refractivity contribution in [2.24, 2.45) is 17.8 Å². The lowest BCUT2D eigenvalue weighted by Crippen LogP contribution is -2.60. The highest BCUT2D eigenvalue weighted by Gasteiger charge is 2.80. The molecule has 10 nitrogen and oxygen atoms in total. The molecule has 0 aliphatic carbocycles. The first-order valence-electron chi connectivity index (χ1n) is 15.4. The number of aliphatic hydroxyl groups is 1. The van der Waals surface area contributed by atoms with Crippen LogP contribution < -0.4 is 0 Å². The van der Waals surface area contributed by atoms with E-state index in [1.807, 2.05) is 44.2 Å². The van der Waals surface area contributed by atoms with Crippen LogP contribution in [0.1, 0.15) is 25.8 Å². The molecule has 2 bridgehead atoms. The molecule has 5 rings (SSSR count). The van der Waals surface area contributed by atoms with E-state index in [-0.39, 0.29) is 30.9 Å². The molecule has 2 amide bonds. The summed E-state index contributed by atoms with van der Waals surface area (Å²) >= 11 is 0. The molecular weight excluding hydrogens is 550 g/mol. The number of morpholine rings is 1. The van der Waals surface area contributed by atoms with Crippen LogP contribution in [0.2, 0.25) is 0 Å². The number of amides is 2. The van der Waals surface area contributed by atoms with Crippen molar-refractivity contribution in [1.82, 2.24) is 14.7 Å². The van der Waals surface area contributed by atoms with Crippen LogP contribution in [0.3, 0.4) is 0 Å². The maximum Gasteiger partial charge on any atom is 0.313 e. The maximum absolute atomic E-state index is 14.8. The predicted octanol–water partition coefficient (Wildman–Crippen LogP) is 1.68. The number of benzene rings is 1. The summed E-state index contributed by atoms with van der Waals surface area (Å²) in [6.45, 7) is 15.3. The minimum Gasteiger partial charge on any atom is -0.461 e. The van der Waals surface area contributed by atoms with Crippen molar-refractivity contribution in [2.45, 2.75) is 50.0 Å². The van der Waals surface area contributed by atoms with E-state index in [1.54, 1.807) is 11.0 Å². The van der Waals surface area contributed by atoms with Gasteiger partial charge in [-0.15, -0.1) is 6.58 Å². The zero-order valence-electron chi connectivity index (χ0n) is 25.4. The third-order valence-electron chi connectivity index (χ3n) is 9.95. The number of fused-ring (bicyclic) bond motifs is 1. The van der Waals surface area contributed by atoms with Crippen LogP contribution in [0.15, 0.2) is 55.6 Å². The number of hydrogen-bond acceptors (Lipinski definition) is 8. The van der Waals surface area contributed by atoms with E-state index in [2.05, 4.69) is 18.1 Å². The third kappa shape index (κ3) is 5.54. The van der Waals surface area contributed by atoms with Crippen molar-refractivity contribution >= 4 is 17.8 Å². The van der Waals surface area contributed by atoms with Crippen molar-refractivity contribution in [3.63, 3.8) is 0 Å². The second-order valence-corrected chi connectivity index (χ2v) is 12.4. The van der Waals surface area contributed by atoms with Gasteiger partial charge in [0.15, 0.2) is 0 Å². The standard InChI is InChI=1S/C33H45N3O7/c1-5-12-35(14-13-34-15-18-41-19-16-34)30(39)28-33-21-23(3)32(4,43-33)27(31(40)42-17-6-2)26(33)29(38)36(28)25(22-37)20-24-10-8-7-9-11-24/h5-11,23,25-28,37H,1-2,12-22H2,3-4H3/t23?,25-,26+,27+,28?,32-,33?/m1/s1. The summed E-state index contributed by atoms with van der Waals surface area (Å²) in [5.74, 6) is -3.05. The van der Waals surface area contributed by atoms with Gasteiger partial charge in [-0.25, -0.2) is 0 Å². The number of nitrogens with zero attached hydrogens (tertiary/aromatic N) is 3. The molecule has 0 aromatic heterocycles. The molecule has 4 aliphatic rings. The highest BCUT2D eigenvalue weighted by molar-refractivity contribution is 5.99. The quantitative estimate of drug-likeness (QED) is 0.271. The summed E-state index contributed by atoms with van der Waals surface area (Å²) in [5.41, 5.74) is -1.28. The van der Waals surface area contributed by atoms with Crippen molar-refractivity contribution in [3.8, 4) is 0 Å². The number of carbonyl (C=O) groups excluding carboxylic acids is 3. The van der Waals surface area contributed by atoms with Gasteiger partial charge in [0.25, 0.3) is 0 Å². The lowest BCUT2D eigenvalue weighted by atomic mass is 9.62. The first kappa shape index (κ1) is 31.4. The van der Waals surface area contributed by atoms with Gasteiger partial charge in [-0.1, -0.05) is 56.0 Å². The Morgan fingerprint density at radius 3 is 2.58 bits per heavy atom. The highest BCUT2D eigenvalue weighted by Crippen LogP contribution is 2.65. The summed E-state index contributed by atoms with van der Waals surface area (Å²) < 4.78 is 17.8. The molecule has 0 saturated carbocycles. The van der Waals surface area contributed by atoms with Crippen LogP contribution in [0.25, 0.3) is 0 Å². The molecule has 3 unspecified atom stereocenters. The summed E-state index contributed by atoms with van der Waals surface area (Å²) in [4.78, 5) is 48.5. The van der Waals surface area contributed by atoms with Gasteiger partial charge in [0, 0.05) is 32.7 Å². The fraction of sp³-hybridized carbons (Fsp3) is 0.606.